The zero-order valence-corrected chi connectivity index (χ0v) is 13.3. The van der Waals surface area contributed by atoms with E-state index in [1.54, 1.807) is 23.9 Å². The summed E-state index contributed by atoms with van der Waals surface area (Å²) < 4.78 is 0. The van der Waals surface area contributed by atoms with Gasteiger partial charge in [0.05, 0.1) is 10.0 Å². The Morgan fingerprint density at radius 1 is 1.00 bits per heavy atom. The van der Waals surface area contributed by atoms with Gasteiger partial charge in [-0.3, -0.25) is 0 Å². The molecular formula is C16H11Cl2NOS. The van der Waals surface area contributed by atoms with Gasteiger partial charge in [0.15, 0.2) is 0 Å². The molecule has 0 bridgehead atoms. The summed E-state index contributed by atoms with van der Waals surface area (Å²) >= 11 is 14.1. The Morgan fingerprint density at radius 2 is 1.71 bits per heavy atom. The van der Waals surface area contributed by atoms with Crippen molar-refractivity contribution in [3.8, 4) is 0 Å². The number of halogens is 2. The number of oxime groups is 1. The third-order valence-corrected chi connectivity index (χ3v) is 4.54. The first-order chi connectivity index (χ1) is 10.3. The SMILES string of the molecule is Clc1cccc(Cl)c1C1=NOC/C1=C\Sc1ccccc1. The van der Waals surface area contributed by atoms with Crippen molar-refractivity contribution >= 4 is 40.7 Å². The fourth-order valence-electron chi connectivity index (χ4n) is 1.95. The largest absolute Gasteiger partial charge is 0.390 e. The zero-order chi connectivity index (χ0) is 14.7. The lowest BCUT2D eigenvalue weighted by atomic mass is 10.0. The molecule has 2 nitrogen and oxygen atoms in total. The van der Waals surface area contributed by atoms with Crippen molar-refractivity contribution < 1.29 is 4.84 Å². The molecule has 0 unspecified atom stereocenters. The van der Waals surface area contributed by atoms with Gasteiger partial charge in [0, 0.05) is 16.0 Å². The molecule has 0 saturated carbocycles. The van der Waals surface area contributed by atoms with Crippen molar-refractivity contribution in [2.24, 2.45) is 5.16 Å². The maximum atomic E-state index is 6.24. The zero-order valence-electron chi connectivity index (χ0n) is 10.9. The van der Waals surface area contributed by atoms with Crippen molar-refractivity contribution in [3.63, 3.8) is 0 Å². The third kappa shape index (κ3) is 3.26. The molecule has 5 heteroatoms. The van der Waals surface area contributed by atoms with E-state index >= 15 is 0 Å². The minimum absolute atomic E-state index is 0.427. The van der Waals surface area contributed by atoms with Gasteiger partial charge in [0.1, 0.15) is 12.3 Å². The van der Waals surface area contributed by atoms with Crippen LogP contribution in [0.25, 0.3) is 0 Å². The molecule has 0 N–H and O–H groups in total. The fraction of sp³-hybridized carbons (Fsp3) is 0.0625. The van der Waals surface area contributed by atoms with E-state index in [1.165, 1.54) is 0 Å². The second-order valence-corrected chi connectivity index (χ2v) is 6.14. The molecule has 2 aromatic carbocycles. The van der Waals surface area contributed by atoms with E-state index in [4.69, 9.17) is 28.0 Å². The number of rotatable bonds is 3. The lowest BCUT2D eigenvalue weighted by Crippen LogP contribution is -2.03. The summed E-state index contributed by atoms with van der Waals surface area (Å²) in [5, 5.41) is 7.26. The van der Waals surface area contributed by atoms with Crippen molar-refractivity contribution in [1.82, 2.24) is 0 Å². The molecule has 0 aromatic heterocycles. The van der Waals surface area contributed by atoms with Crippen LogP contribution in [0, 0.1) is 0 Å². The minimum atomic E-state index is 0.427. The monoisotopic (exact) mass is 335 g/mol. The first-order valence-electron chi connectivity index (χ1n) is 6.31. The summed E-state index contributed by atoms with van der Waals surface area (Å²) in [7, 11) is 0. The highest BCUT2D eigenvalue weighted by molar-refractivity contribution is 8.02. The molecule has 21 heavy (non-hydrogen) atoms. The van der Waals surface area contributed by atoms with E-state index in [1.807, 2.05) is 29.7 Å². The fourth-order valence-corrected chi connectivity index (χ4v) is 3.30. The molecule has 0 aliphatic carbocycles. The maximum absolute atomic E-state index is 6.24. The molecule has 1 aliphatic heterocycles. The van der Waals surface area contributed by atoms with Crippen LogP contribution in [0.5, 0.6) is 0 Å². The van der Waals surface area contributed by atoms with Crippen LogP contribution in [-0.4, -0.2) is 12.3 Å². The van der Waals surface area contributed by atoms with Crippen LogP contribution in [0.15, 0.2) is 69.6 Å². The highest BCUT2D eigenvalue weighted by Crippen LogP contribution is 2.31. The Labute approximate surface area is 137 Å². The molecule has 0 atom stereocenters. The van der Waals surface area contributed by atoms with Crippen molar-refractivity contribution in [2.45, 2.75) is 4.90 Å². The molecule has 0 saturated heterocycles. The van der Waals surface area contributed by atoms with Gasteiger partial charge in [-0.2, -0.15) is 0 Å². The van der Waals surface area contributed by atoms with Gasteiger partial charge in [-0.05, 0) is 29.7 Å². The number of nitrogens with zero attached hydrogens (tertiary/aromatic N) is 1. The molecule has 0 amide bonds. The van der Waals surface area contributed by atoms with Crippen LogP contribution in [0.1, 0.15) is 5.56 Å². The molecule has 0 radical (unpaired) electrons. The average Bonchev–Trinajstić information content (AvgIpc) is 2.94. The Kier molecular flexibility index (Phi) is 4.54. The molecule has 106 valence electrons. The quantitative estimate of drug-likeness (QED) is 0.700. The van der Waals surface area contributed by atoms with Crippen LogP contribution in [0.3, 0.4) is 0 Å². The van der Waals surface area contributed by atoms with Crippen LogP contribution in [0.2, 0.25) is 10.0 Å². The lowest BCUT2D eigenvalue weighted by Gasteiger charge is -2.06. The first-order valence-corrected chi connectivity index (χ1v) is 7.95. The number of hydrogen-bond donors (Lipinski definition) is 0. The summed E-state index contributed by atoms with van der Waals surface area (Å²) in [5.74, 6) is 0. The third-order valence-electron chi connectivity index (χ3n) is 2.96. The van der Waals surface area contributed by atoms with Gasteiger partial charge in [-0.1, -0.05) is 64.4 Å². The topological polar surface area (TPSA) is 21.6 Å². The summed E-state index contributed by atoms with van der Waals surface area (Å²) in [5.41, 5.74) is 2.39. The molecule has 0 fully saturated rings. The van der Waals surface area contributed by atoms with Gasteiger partial charge in [-0.25, -0.2) is 0 Å². The van der Waals surface area contributed by atoms with E-state index in [-0.39, 0.29) is 0 Å². The first kappa shape index (κ1) is 14.5. The van der Waals surface area contributed by atoms with Gasteiger partial charge in [0.25, 0.3) is 0 Å². The molecule has 0 spiro atoms. The number of hydrogen-bond acceptors (Lipinski definition) is 3. The Morgan fingerprint density at radius 3 is 2.43 bits per heavy atom. The predicted octanol–water partition coefficient (Wildman–Crippen LogP) is 5.40. The van der Waals surface area contributed by atoms with E-state index in [9.17, 15) is 0 Å². The summed E-state index contributed by atoms with van der Waals surface area (Å²) in [6.07, 6.45) is 0. The smallest absolute Gasteiger partial charge is 0.145 e. The summed E-state index contributed by atoms with van der Waals surface area (Å²) in [6, 6.07) is 15.5. The van der Waals surface area contributed by atoms with Gasteiger partial charge in [-0.15, -0.1) is 0 Å². The average molecular weight is 336 g/mol. The number of thioether (sulfide) groups is 1. The minimum Gasteiger partial charge on any atom is -0.390 e. The molecule has 1 heterocycles. The molecule has 2 aromatic rings. The Hall–Kier alpha value is -1.42. The highest BCUT2D eigenvalue weighted by Gasteiger charge is 2.22. The van der Waals surface area contributed by atoms with Crippen LogP contribution in [0.4, 0.5) is 0 Å². The second-order valence-electron chi connectivity index (χ2n) is 4.38. The molecule has 1 aliphatic rings. The van der Waals surface area contributed by atoms with Crippen molar-refractivity contribution in [2.75, 3.05) is 6.61 Å². The Balaban J connectivity index is 1.89. The van der Waals surface area contributed by atoms with Gasteiger partial charge < -0.3 is 4.84 Å². The summed E-state index contributed by atoms with van der Waals surface area (Å²) in [4.78, 5) is 6.37. The maximum Gasteiger partial charge on any atom is 0.145 e. The predicted molar refractivity (Wildman–Crippen MR) is 89.3 cm³/mol. The van der Waals surface area contributed by atoms with Crippen LogP contribution >= 0.6 is 35.0 Å². The van der Waals surface area contributed by atoms with E-state index in [0.717, 1.165) is 16.0 Å². The van der Waals surface area contributed by atoms with E-state index in [0.29, 0.717) is 22.4 Å². The molecular weight excluding hydrogens is 325 g/mol. The summed E-state index contributed by atoms with van der Waals surface area (Å²) in [6.45, 7) is 0.427. The van der Waals surface area contributed by atoms with Crippen molar-refractivity contribution in [1.29, 1.82) is 0 Å². The van der Waals surface area contributed by atoms with Gasteiger partial charge >= 0.3 is 0 Å². The van der Waals surface area contributed by atoms with E-state index < -0.39 is 0 Å². The van der Waals surface area contributed by atoms with Crippen LogP contribution in [-0.2, 0) is 4.84 Å². The standard InChI is InChI=1S/C16H11Cl2NOS/c17-13-7-4-8-14(18)15(13)16-11(9-20-19-16)10-21-12-5-2-1-3-6-12/h1-8,10H,9H2/b11-10+. The van der Waals surface area contributed by atoms with Crippen LogP contribution < -0.4 is 0 Å². The lowest BCUT2D eigenvalue weighted by molar-refractivity contribution is 0.187. The number of benzene rings is 2. The highest BCUT2D eigenvalue weighted by atomic mass is 35.5. The van der Waals surface area contributed by atoms with Crippen molar-refractivity contribution in [3.05, 3.63) is 75.1 Å². The normalized spacial score (nSPS) is 15.9. The Bertz CT molecular complexity index is 693. The van der Waals surface area contributed by atoms with E-state index in [2.05, 4.69) is 17.3 Å². The van der Waals surface area contributed by atoms with Gasteiger partial charge in [0.2, 0.25) is 0 Å². The molecule has 3 rings (SSSR count). The second kappa shape index (κ2) is 6.56.